The van der Waals surface area contributed by atoms with Gasteiger partial charge >= 0.3 is 6.03 Å². The topological polar surface area (TPSA) is 119 Å². The molecular weight excluding hydrogens is 460 g/mol. The van der Waals surface area contributed by atoms with Gasteiger partial charge in [-0.05, 0) is 36.8 Å². The van der Waals surface area contributed by atoms with Gasteiger partial charge in [0.05, 0.1) is 12.3 Å². The number of hydrogen-bond acceptors (Lipinski definition) is 8. The normalized spacial score (nSPS) is 21.1. The molecule has 0 radical (unpaired) electrons. The molecule has 2 aliphatic heterocycles. The molecule has 34 heavy (non-hydrogen) atoms. The molecule has 2 aromatic rings. The van der Waals surface area contributed by atoms with E-state index in [1.165, 1.54) is 4.90 Å². The molecule has 11 heteroatoms. The predicted molar refractivity (Wildman–Crippen MR) is 128 cm³/mol. The van der Waals surface area contributed by atoms with Crippen molar-refractivity contribution in [3.8, 4) is 5.75 Å². The minimum absolute atomic E-state index is 0.0223. The number of nitrogens with one attached hydrogen (secondary N) is 2. The predicted octanol–water partition coefficient (Wildman–Crippen LogP) is 1.64. The van der Waals surface area contributed by atoms with Crippen LogP contribution in [0, 0.1) is 0 Å². The lowest BCUT2D eigenvalue weighted by Crippen LogP contribution is -2.64. The molecule has 4 rings (SSSR count). The van der Waals surface area contributed by atoms with Crippen LogP contribution < -0.4 is 15.5 Å². The van der Waals surface area contributed by atoms with Gasteiger partial charge in [0.15, 0.2) is 12.2 Å². The Hall–Kier alpha value is -3.63. The van der Waals surface area contributed by atoms with E-state index in [-0.39, 0.29) is 19.1 Å². The van der Waals surface area contributed by atoms with E-state index in [4.69, 9.17) is 16.3 Å². The number of β-amino-alcohol motifs (C(OH)–C–C–N with tert-alkyl or cyclic N) is 1. The number of imide groups is 1. The number of hydrogen-bond donors (Lipinski definition) is 3. The first-order valence-electron chi connectivity index (χ1n) is 10.7. The summed E-state index contributed by atoms with van der Waals surface area (Å²) < 4.78 is 5.64. The van der Waals surface area contributed by atoms with Crippen LogP contribution in [-0.4, -0.2) is 77.0 Å². The van der Waals surface area contributed by atoms with Gasteiger partial charge in [-0.3, -0.25) is 10.1 Å². The number of ether oxygens (including phenoxy) is 1. The number of amides is 3. The van der Waals surface area contributed by atoms with Crippen molar-refractivity contribution in [3.63, 3.8) is 0 Å². The Morgan fingerprint density at radius 2 is 1.94 bits per heavy atom. The molecule has 3 atom stereocenters. The zero-order valence-corrected chi connectivity index (χ0v) is 19.4. The van der Waals surface area contributed by atoms with Gasteiger partial charge in [0, 0.05) is 12.1 Å². The van der Waals surface area contributed by atoms with E-state index < -0.39 is 30.2 Å². The first-order valence-corrected chi connectivity index (χ1v) is 11.1. The summed E-state index contributed by atoms with van der Waals surface area (Å²) in [5.74, 6) is 0.328. The van der Waals surface area contributed by atoms with Crippen LogP contribution in [0.1, 0.15) is 12.5 Å². The standard InChI is InChI=1S/C23H25ClN6O4/c1-14(15-6-4-3-5-7-15)27-28-22-25-20-19(21(32)26-23(33)29(20)2)30(22)12-17(31)13-34-18-10-8-16(24)9-11-18/h3-11,17,19-20,31H,12-13H2,1-2H3,(H,25,28)(H,26,32,33)/b27-14+. The Morgan fingerprint density at radius 3 is 2.65 bits per heavy atom. The number of aliphatic hydroxyl groups excluding tert-OH is 1. The summed E-state index contributed by atoms with van der Waals surface area (Å²) in [5, 5.41) is 18.0. The van der Waals surface area contributed by atoms with Crippen LogP contribution in [0.3, 0.4) is 0 Å². The van der Waals surface area contributed by atoms with Crippen LogP contribution in [-0.2, 0) is 4.79 Å². The number of hydrazone groups is 1. The first kappa shape index (κ1) is 23.5. The molecule has 178 valence electrons. The second-order valence-corrected chi connectivity index (χ2v) is 8.40. The number of carbonyl (C=O) groups excluding carboxylic acids is 2. The van der Waals surface area contributed by atoms with E-state index in [1.807, 2.05) is 37.3 Å². The second kappa shape index (κ2) is 10.1. The summed E-state index contributed by atoms with van der Waals surface area (Å²) >= 11 is 5.89. The maximum atomic E-state index is 12.7. The van der Waals surface area contributed by atoms with Gasteiger partial charge in [0.1, 0.15) is 18.5 Å². The SMILES string of the molecule is C/C(=N\NC1=NC2C(C(=O)NC(=O)N2C)N1CC(O)COc1ccc(Cl)cc1)c1ccccc1. The van der Waals surface area contributed by atoms with Gasteiger partial charge < -0.3 is 19.6 Å². The van der Waals surface area contributed by atoms with Gasteiger partial charge in [0.2, 0.25) is 5.96 Å². The van der Waals surface area contributed by atoms with Crippen LogP contribution in [0.25, 0.3) is 0 Å². The third kappa shape index (κ3) is 5.13. The smallest absolute Gasteiger partial charge is 0.325 e. The number of aliphatic imine (C=N–C) groups is 1. The van der Waals surface area contributed by atoms with E-state index in [0.717, 1.165) is 5.56 Å². The maximum Gasteiger partial charge on any atom is 0.325 e. The molecular formula is C23H25ClN6O4. The summed E-state index contributed by atoms with van der Waals surface area (Å²) in [6, 6.07) is 15.0. The molecule has 2 aliphatic rings. The lowest BCUT2D eigenvalue weighted by Gasteiger charge is -2.36. The number of guanidine groups is 1. The number of benzene rings is 2. The summed E-state index contributed by atoms with van der Waals surface area (Å²) in [7, 11) is 1.56. The highest BCUT2D eigenvalue weighted by atomic mass is 35.5. The molecule has 3 unspecified atom stereocenters. The van der Waals surface area contributed by atoms with Gasteiger partial charge in [-0.2, -0.15) is 5.10 Å². The summed E-state index contributed by atoms with van der Waals surface area (Å²) in [6.45, 7) is 1.84. The summed E-state index contributed by atoms with van der Waals surface area (Å²) in [5.41, 5.74) is 4.53. The number of likely N-dealkylation sites (N-methyl/N-ethyl adjacent to an activating group) is 1. The molecule has 0 bridgehead atoms. The van der Waals surface area contributed by atoms with Crippen LogP contribution in [0.5, 0.6) is 5.75 Å². The Bertz CT molecular complexity index is 1110. The number of carbonyl (C=O) groups is 2. The van der Waals surface area contributed by atoms with Gasteiger partial charge in [0.25, 0.3) is 5.91 Å². The number of rotatable bonds is 7. The summed E-state index contributed by atoms with van der Waals surface area (Å²) in [6.07, 6.45) is -1.71. The number of urea groups is 1. The fraction of sp³-hybridized carbons (Fsp3) is 0.304. The highest BCUT2D eigenvalue weighted by Crippen LogP contribution is 2.24. The Labute approximate surface area is 201 Å². The maximum absolute atomic E-state index is 12.7. The fourth-order valence-corrected chi connectivity index (χ4v) is 3.83. The lowest BCUT2D eigenvalue weighted by molar-refractivity contribution is -0.127. The van der Waals surface area contributed by atoms with Crippen LogP contribution >= 0.6 is 11.6 Å². The lowest BCUT2D eigenvalue weighted by atomic mass is 10.1. The van der Waals surface area contributed by atoms with E-state index in [1.54, 1.807) is 36.2 Å². The van der Waals surface area contributed by atoms with Crippen molar-refractivity contribution in [1.29, 1.82) is 0 Å². The van der Waals surface area contributed by atoms with Gasteiger partial charge in [-0.25, -0.2) is 15.2 Å². The third-order valence-electron chi connectivity index (χ3n) is 5.54. The zero-order chi connectivity index (χ0) is 24.2. The molecule has 2 aromatic carbocycles. The summed E-state index contributed by atoms with van der Waals surface area (Å²) in [4.78, 5) is 32.2. The van der Waals surface area contributed by atoms with Crippen molar-refractivity contribution in [3.05, 3.63) is 65.2 Å². The molecule has 3 amide bonds. The molecule has 3 N–H and O–H groups in total. The Morgan fingerprint density at radius 1 is 1.24 bits per heavy atom. The monoisotopic (exact) mass is 484 g/mol. The number of aliphatic hydroxyl groups is 1. The van der Waals surface area contributed by atoms with E-state index in [0.29, 0.717) is 16.5 Å². The molecule has 1 saturated heterocycles. The van der Waals surface area contributed by atoms with E-state index in [2.05, 4.69) is 20.8 Å². The second-order valence-electron chi connectivity index (χ2n) is 7.96. The number of halogens is 1. The number of nitrogens with zero attached hydrogens (tertiary/aromatic N) is 4. The highest BCUT2D eigenvalue weighted by Gasteiger charge is 2.49. The Kier molecular flexibility index (Phi) is 6.99. The van der Waals surface area contributed by atoms with Crippen molar-refractivity contribution < 1.29 is 19.4 Å². The van der Waals surface area contributed by atoms with E-state index >= 15 is 0 Å². The zero-order valence-electron chi connectivity index (χ0n) is 18.7. The van der Waals surface area contributed by atoms with Crippen LogP contribution in [0.15, 0.2) is 64.7 Å². The van der Waals surface area contributed by atoms with Crippen LogP contribution in [0.4, 0.5) is 4.79 Å². The highest BCUT2D eigenvalue weighted by molar-refractivity contribution is 6.30. The number of fused-ring (bicyclic) bond motifs is 1. The first-order chi connectivity index (χ1) is 16.3. The van der Waals surface area contributed by atoms with E-state index in [9.17, 15) is 14.7 Å². The van der Waals surface area contributed by atoms with Crippen molar-refractivity contribution in [2.24, 2.45) is 10.1 Å². The van der Waals surface area contributed by atoms with Crippen molar-refractivity contribution in [1.82, 2.24) is 20.5 Å². The van der Waals surface area contributed by atoms with Crippen molar-refractivity contribution >= 4 is 35.2 Å². The van der Waals surface area contributed by atoms with Crippen molar-refractivity contribution in [2.75, 3.05) is 20.2 Å². The van der Waals surface area contributed by atoms with Crippen LogP contribution in [0.2, 0.25) is 5.02 Å². The molecule has 1 fully saturated rings. The fourth-order valence-electron chi connectivity index (χ4n) is 3.70. The molecule has 0 aromatic heterocycles. The van der Waals surface area contributed by atoms with Gasteiger partial charge in [-0.15, -0.1) is 0 Å². The van der Waals surface area contributed by atoms with Crippen molar-refractivity contribution in [2.45, 2.75) is 25.2 Å². The molecule has 10 nitrogen and oxygen atoms in total. The molecule has 0 aliphatic carbocycles. The molecule has 2 heterocycles. The minimum Gasteiger partial charge on any atom is -0.491 e. The third-order valence-corrected chi connectivity index (χ3v) is 5.79. The molecule has 0 spiro atoms. The molecule has 0 saturated carbocycles. The minimum atomic E-state index is -0.962. The van der Waals surface area contributed by atoms with Gasteiger partial charge in [-0.1, -0.05) is 41.9 Å². The largest absolute Gasteiger partial charge is 0.491 e. The average molecular weight is 485 g/mol. The average Bonchev–Trinajstić information content (AvgIpc) is 3.20. The quantitative estimate of drug-likeness (QED) is 0.406. The Balaban J connectivity index is 1.50.